The SMILES string of the molecule is NC(=O)c1ncn(C2CC(CO)CC2O)c1N. The first-order valence-corrected chi connectivity index (χ1v) is 5.45. The number of aromatic nitrogens is 2. The van der Waals surface area contributed by atoms with Gasteiger partial charge in [0.15, 0.2) is 5.69 Å². The molecular formula is C10H16N4O3. The average molecular weight is 240 g/mol. The Labute approximate surface area is 98.0 Å². The van der Waals surface area contributed by atoms with E-state index in [0.717, 1.165) is 0 Å². The monoisotopic (exact) mass is 240 g/mol. The van der Waals surface area contributed by atoms with E-state index < -0.39 is 12.0 Å². The van der Waals surface area contributed by atoms with Crippen LogP contribution in [0.25, 0.3) is 0 Å². The number of nitrogens with two attached hydrogens (primary N) is 2. The highest BCUT2D eigenvalue weighted by Gasteiger charge is 2.35. The molecule has 3 atom stereocenters. The first-order valence-electron chi connectivity index (χ1n) is 5.45. The van der Waals surface area contributed by atoms with Gasteiger partial charge in [-0.15, -0.1) is 0 Å². The highest BCUT2D eigenvalue weighted by molar-refractivity contribution is 5.95. The van der Waals surface area contributed by atoms with Crippen LogP contribution >= 0.6 is 0 Å². The van der Waals surface area contributed by atoms with Gasteiger partial charge in [-0.2, -0.15) is 0 Å². The number of carbonyl (C=O) groups is 1. The molecule has 6 N–H and O–H groups in total. The Hall–Kier alpha value is -1.60. The molecule has 0 aromatic carbocycles. The van der Waals surface area contributed by atoms with Crippen LogP contribution < -0.4 is 11.5 Å². The fourth-order valence-electron chi connectivity index (χ4n) is 2.37. The zero-order chi connectivity index (χ0) is 12.6. The van der Waals surface area contributed by atoms with Crippen molar-refractivity contribution in [3.05, 3.63) is 12.0 Å². The molecule has 1 aromatic heterocycles. The van der Waals surface area contributed by atoms with E-state index in [0.29, 0.717) is 12.8 Å². The smallest absolute Gasteiger partial charge is 0.271 e. The first-order chi connectivity index (χ1) is 8.04. The highest BCUT2D eigenvalue weighted by Crippen LogP contribution is 2.36. The predicted molar refractivity (Wildman–Crippen MR) is 60.0 cm³/mol. The Morgan fingerprint density at radius 2 is 2.29 bits per heavy atom. The van der Waals surface area contributed by atoms with E-state index in [2.05, 4.69) is 4.98 Å². The fourth-order valence-corrected chi connectivity index (χ4v) is 2.37. The van der Waals surface area contributed by atoms with Crippen molar-refractivity contribution < 1.29 is 15.0 Å². The second-order valence-corrected chi connectivity index (χ2v) is 4.40. The molecule has 1 aliphatic rings. The summed E-state index contributed by atoms with van der Waals surface area (Å²) in [6.45, 7) is 0.0326. The zero-order valence-electron chi connectivity index (χ0n) is 9.28. The number of nitrogens with zero attached hydrogens (tertiary/aromatic N) is 2. The van der Waals surface area contributed by atoms with E-state index in [1.165, 1.54) is 6.33 Å². The second-order valence-electron chi connectivity index (χ2n) is 4.40. The van der Waals surface area contributed by atoms with Crippen molar-refractivity contribution >= 4 is 11.7 Å². The van der Waals surface area contributed by atoms with Crippen LogP contribution in [0.3, 0.4) is 0 Å². The number of aliphatic hydroxyl groups is 2. The van der Waals surface area contributed by atoms with Crippen molar-refractivity contribution in [3.63, 3.8) is 0 Å². The lowest BCUT2D eigenvalue weighted by Gasteiger charge is -2.17. The van der Waals surface area contributed by atoms with Crippen LogP contribution in [-0.4, -0.2) is 38.4 Å². The van der Waals surface area contributed by atoms with E-state index in [9.17, 15) is 9.90 Å². The van der Waals surface area contributed by atoms with Gasteiger partial charge < -0.3 is 26.2 Å². The van der Waals surface area contributed by atoms with Crippen molar-refractivity contribution in [2.45, 2.75) is 25.0 Å². The number of primary amides is 1. The molecule has 0 aliphatic heterocycles. The molecule has 0 spiro atoms. The Bertz CT molecular complexity index is 431. The fraction of sp³-hybridized carbons (Fsp3) is 0.600. The van der Waals surface area contributed by atoms with Crippen LogP contribution in [0.2, 0.25) is 0 Å². The molecule has 7 heteroatoms. The van der Waals surface area contributed by atoms with Gasteiger partial charge in [0.2, 0.25) is 0 Å². The van der Waals surface area contributed by atoms with Gasteiger partial charge in [0, 0.05) is 6.61 Å². The number of amides is 1. The van der Waals surface area contributed by atoms with E-state index in [1.54, 1.807) is 4.57 Å². The molecule has 1 saturated carbocycles. The normalized spacial score (nSPS) is 28.5. The Morgan fingerprint density at radius 1 is 1.59 bits per heavy atom. The number of carbonyl (C=O) groups excluding carboxylic acids is 1. The summed E-state index contributed by atoms with van der Waals surface area (Å²) in [7, 11) is 0. The predicted octanol–water partition coefficient (Wildman–Crippen LogP) is -1.13. The average Bonchev–Trinajstić information content (AvgIpc) is 2.81. The van der Waals surface area contributed by atoms with E-state index in [1.807, 2.05) is 0 Å². The molecule has 7 nitrogen and oxygen atoms in total. The summed E-state index contributed by atoms with van der Waals surface area (Å²) in [5, 5.41) is 19.0. The highest BCUT2D eigenvalue weighted by atomic mass is 16.3. The summed E-state index contributed by atoms with van der Waals surface area (Å²) >= 11 is 0. The lowest BCUT2D eigenvalue weighted by molar-refractivity contribution is 0.0996. The molecule has 0 saturated heterocycles. The molecule has 1 fully saturated rings. The maximum absolute atomic E-state index is 11.0. The molecule has 1 amide bonds. The summed E-state index contributed by atoms with van der Waals surface area (Å²) in [6, 6.07) is -0.257. The first kappa shape index (κ1) is 11.9. The quantitative estimate of drug-likeness (QED) is 0.531. The van der Waals surface area contributed by atoms with Gasteiger partial charge in [-0.1, -0.05) is 0 Å². The van der Waals surface area contributed by atoms with Crippen LogP contribution in [0.4, 0.5) is 5.82 Å². The number of hydrogen-bond donors (Lipinski definition) is 4. The minimum Gasteiger partial charge on any atom is -0.396 e. The molecule has 94 valence electrons. The number of rotatable bonds is 3. The van der Waals surface area contributed by atoms with Gasteiger partial charge >= 0.3 is 0 Å². The largest absolute Gasteiger partial charge is 0.396 e. The summed E-state index contributed by atoms with van der Waals surface area (Å²) in [5.74, 6) is -0.471. The number of imidazole rings is 1. The minimum atomic E-state index is -0.688. The van der Waals surface area contributed by atoms with Gasteiger partial charge in [-0.25, -0.2) is 4.98 Å². The molecule has 1 aliphatic carbocycles. The van der Waals surface area contributed by atoms with Gasteiger partial charge in [0.05, 0.1) is 18.5 Å². The summed E-state index contributed by atoms with van der Waals surface area (Å²) in [4.78, 5) is 14.9. The van der Waals surface area contributed by atoms with Crippen molar-refractivity contribution in [1.82, 2.24) is 9.55 Å². The van der Waals surface area contributed by atoms with E-state index in [4.69, 9.17) is 16.6 Å². The topological polar surface area (TPSA) is 127 Å². The summed E-state index contributed by atoms with van der Waals surface area (Å²) in [5.41, 5.74) is 10.9. The molecule has 0 bridgehead atoms. The lowest BCUT2D eigenvalue weighted by atomic mass is 10.1. The molecule has 1 heterocycles. The van der Waals surface area contributed by atoms with Crippen molar-refractivity contribution in [1.29, 1.82) is 0 Å². The van der Waals surface area contributed by atoms with Crippen LogP contribution in [0.1, 0.15) is 29.4 Å². The third-order valence-corrected chi connectivity index (χ3v) is 3.27. The Balaban J connectivity index is 2.26. The summed E-state index contributed by atoms with van der Waals surface area (Å²) in [6.07, 6.45) is 1.94. The Kier molecular flexibility index (Phi) is 3.03. The van der Waals surface area contributed by atoms with Gasteiger partial charge in [0.1, 0.15) is 5.82 Å². The molecular weight excluding hydrogens is 224 g/mol. The molecule has 17 heavy (non-hydrogen) atoms. The maximum atomic E-state index is 11.0. The van der Waals surface area contributed by atoms with Gasteiger partial charge in [-0.05, 0) is 18.8 Å². The summed E-state index contributed by atoms with van der Waals surface area (Å²) < 4.78 is 1.56. The van der Waals surface area contributed by atoms with Gasteiger partial charge in [-0.3, -0.25) is 4.79 Å². The van der Waals surface area contributed by atoms with Crippen molar-refractivity contribution in [2.24, 2.45) is 11.7 Å². The van der Waals surface area contributed by atoms with Crippen LogP contribution in [0, 0.1) is 5.92 Å². The molecule has 1 aromatic rings. The van der Waals surface area contributed by atoms with Crippen LogP contribution in [0.5, 0.6) is 0 Å². The molecule has 2 rings (SSSR count). The van der Waals surface area contributed by atoms with Gasteiger partial charge in [0.25, 0.3) is 5.91 Å². The number of aliphatic hydroxyl groups excluding tert-OH is 2. The van der Waals surface area contributed by atoms with Crippen LogP contribution in [-0.2, 0) is 0 Å². The standard InChI is InChI=1S/C10H16N4O3/c11-9-8(10(12)17)13-4-14(9)6-1-5(3-15)2-7(6)16/h4-7,15-16H,1-3,11H2,(H2,12,17). The number of anilines is 1. The minimum absolute atomic E-state index is 0.0182. The Morgan fingerprint density at radius 3 is 2.76 bits per heavy atom. The maximum Gasteiger partial charge on any atom is 0.271 e. The zero-order valence-corrected chi connectivity index (χ0v) is 9.28. The third-order valence-electron chi connectivity index (χ3n) is 3.27. The molecule has 3 unspecified atom stereocenters. The number of nitrogen functional groups attached to an aromatic ring is 1. The van der Waals surface area contributed by atoms with Crippen molar-refractivity contribution in [2.75, 3.05) is 12.3 Å². The van der Waals surface area contributed by atoms with E-state index in [-0.39, 0.29) is 30.1 Å². The van der Waals surface area contributed by atoms with Crippen LogP contribution in [0.15, 0.2) is 6.33 Å². The lowest BCUT2D eigenvalue weighted by Crippen LogP contribution is -2.20. The number of hydrogen-bond acceptors (Lipinski definition) is 5. The van der Waals surface area contributed by atoms with E-state index >= 15 is 0 Å². The third kappa shape index (κ3) is 1.98. The second kappa shape index (κ2) is 4.34. The van der Waals surface area contributed by atoms with Crippen molar-refractivity contribution in [3.8, 4) is 0 Å². The molecule has 0 radical (unpaired) electrons.